The number of amides is 1. The lowest BCUT2D eigenvalue weighted by molar-refractivity contribution is -0.137. The van der Waals surface area contributed by atoms with Crippen molar-refractivity contribution in [1.82, 2.24) is 5.32 Å². The smallest absolute Gasteiger partial charge is 0.303 e. The molecule has 0 aliphatic carbocycles. The highest BCUT2D eigenvalue weighted by atomic mass is 16.5. The molecule has 2 bridgehead atoms. The molecular weight excluding hydrogens is 388 g/mol. The van der Waals surface area contributed by atoms with Crippen molar-refractivity contribution < 1.29 is 29.6 Å². The van der Waals surface area contributed by atoms with Crippen LogP contribution in [0.1, 0.15) is 38.5 Å². The summed E-state index contributed by atoms with van der Waals surface area (Å²) in [5.74, 6) is -0.504. The lowest BCUT2D eigenvalue weighted by Crippen LogP contribution is -2.38. The van der Waals surface area contributed by atoms with E-state index in [1.165, 1.54) is 18.2 Å². The normalized spacial score (nSPS) is 25.1. The molecule has 2 aliphatic rings. The predicted molar refractivity (Wildman–Crippen MR) is 111 cm³/mol. The van der Waals surface area contributed by atoms with Crippen LogP contribution in [0.15, 0.2) is 30.4 Å². The maximum absolute atomic E-state index is 12.1. The molecule has 30 heavy (non-hydrogen) atoms. The third-order valence-corrected chi connectivity index (χ3v) is 5.78. The highest BCUT2D eigenvalue weighted by Gasteiger charge is 2.47. The maximum Gasteiger partial charge on any atom is 0.303 e. The van der Waals surface area contributed by atoms with E-state index < -0.39 is 5.97 Å². The lowest BCUT2D eigenvalue weighted by atomic mass is 9.77. The SMILES string of the molecule is O=C(O)CCCC=CC[C@@H]1[C@H](CNCC(=O)Nc2cc(O)cc(O)c2)[C@@H]2CC[C@H]1O2. The van der Waals surface area contributed by atoms with Gasteiger partial charge in [0, 0.05) is 42.8 Å². The summed E-state index contributed by atoms with van der Waals surface area (Å²) in [6.45, 7) is 0.805. The van der Waals surface area contributed by atoms with Crippen molar-refractivity contribution >= 4 is 17.6 Å². The number of ether oxygens (including phenoxy) is 1. The fourth-order valence-corrected chi connectivity index (χ4v) is 4.45. The van der Waals surface area contributed by atoms with E-state index in [1.54, 1.807) is 0 Å². The zero-order chi connectivity index (χ0) is 21.5. The minimum absolute atomic E-state index is 0.115. The molecule has 2 fully saturated rings. The van der Waals surface area contributed by atoms with Crippen LogP contribution in [0.3, 0.4) is 0 Å². The monoisotopic (exact) mass is 418 g/mol. The van der Waals surface area contributed by atoms with Crippen LogP contribution in [0.4, 0.5) is 5.69 Å². The van der Waals surface area contributed by atoms with E-state index in [9.17, 15) is 19.8 Å². The molecule has 5 N–H and O–H groups in total. The van der Waals surface area contributed by atoms with Gasteiger partial charge >= 0.3 is 5.97 Å². The molecule has 4 atom stereocenters. The molecule has 2 aliphatic heterocycles. The summed E-state index contributed by atoms with van der Waals surface area (Å²) in [7, 11) is 0. The number of benzene rings is 1. The van der Waals surface area contributed by atoms with Crippen molar-refractivity contribution in [2.45, 2.75) is 50.7 Å². The minimum Gasteiger partial charge on any atom is -0.508 e. The number of hydrogen-bond acceptors (Lipinski definition) is 6. The number of anilines is 1. The molecule has 1 aromatic rings. The molecule has 0 saturated carbocycles. The summed E-state index contributed by atoms with van der Waals surface area (Å²) in [5, 5.41) is 33.5. The van der Waals surface area contributed by atoms with Gasteiger partial charge in [0.05, 0.1) is 18.8 Å². The Morgan fingerprint density at radius 3 is 2.47 bits per heavy atom. The number of hydrogen-bond donors (Lipinski definition) is 5. The van der Waals surface area contributed by atoms with Gasteiger partial charge in [-0.1, -0.05) is 12.2 Å². The summed E-state index contributed by atoms with van der Waals surface area (Å²) in [6, 6.07) is 3.95. The molecule has 2 heterocycles. The number of carboxylic acid groups (broad SMARTS) is 1. The quantitative estimate of drug-likeness (QED) is 0.276. The summed E-state index contributed by atoms with van der Waals surface area (Å²) in [4.78, 5) is 22.7. The molecule has 1 aromatic carbocycles. The summed E-state index contributed by atoms with van der Waals surface area (Å²) >= 11 is 0. The fraction of sp³-hybridized carbons (Fsp3) is 0.545. The summed E-state index contributed by atoms with van der Waals surface area (Å²) in [6.07, 6.45) is 9.28. The molecule has 164 valence electrons. The second-order valence-electron chi connectivity index (χ2n) is 8.03. The van der Waals surface area contributed by atoms with Gasteiger partial charge in [-0.15, -0.1) is 0 Å². The van der Waals surface area contributed by atoms with Gasteiger partial charge in [0.15, 0.2) is 0 Å². The number of phenols is 2. The molecule has 0 aromatic heterocycles. The second-order valence-corrected chi connectivity index (χ2v) is 8.03. The van der Waals surface area contributed by atoms with Gasteiger partial charge in [-0.05, 0) is 38.0 Å². The Balaban J connectivity index is 1.42. The zero-order valence-corrected chi connectivity index (χ0v) is 16.9. The number of aliphatic carboxylic acids is 1. The molecule has 0 spiro atoms. The Labute approximate surface area is 175 Å². The molecule has 0 radical (unpaired) electrons. The molecule has 8 nitrogen and oxygen atoms in total. The number of fused-ring (bicyclic) bond motifs is 2. The van der Waals surface area contributed by atoms with Crippen molar-refractivity contribution in [3.63, 3.8) is 0 Å². The van der Waals surface area contributed by atoms with E-state index in [2.05, 4.69) is 22.8 Å². The third-order valence-electron chi connectivity index (χ3n) is 5.78. The van der Waals surface area contributed by atoms with E-state index in [0.717, 1.165) is 25.7 Å². The standard InChI is InChI=1S/C22H30N2O6/c25-15-9-14(10-16(26)11-15)24-21(27)13-23-12-18-17(19-7-8-20(18)30-19)5-3-1-2-4-6-22(28)29/h1,3,9-11,17-20,23,25-26H,2,4-8,12-13H2,(H,24,27)(H,28,29)/t17-,18+,19-,20+/m1/s1. The van der Waals surface area contributed by atoms with Crippen molar-refractivity contribution in [2.75, 3.05) is 18.4 Å². The number of aromatic hydroxyl groups is 2. The minimum atomic E-state index is -0.763. The molecule has 3 rings (SSSR count). The average Bonchev–Trinajstić information content (AvgIpc) is 3.25. The third kappa shape index (κ3) is 6.21. The largest absolute Gasteiger partial charge is 0.508 e. The van der Waals surface area contributed by atoms with E-state index in [-0.39, 0.29) is 42.6 Å². The summed E-state index contributed by atoms with van der Waals surface area (Å²) in [5.41, 5.74) is 0.341. The number of unbranched alkanes of at least 4 members (excludes halogenated alkanes) is 1. The van der Waals surface area contributed by atoms with Crippen LogP contribution in [0.5, 0.6) is 11.5 Å². The van der Waals surface area contributed by atoms with E-state index in [4.69, 9.17) is 9.84 Å². The number of nitrogens with one attached hydrogen (secondary N) is 2. The number of phenolic OH excluding ortho intramolecular Hbond substituents is 2. The molecule has 1 amide bonds. The molecular formula is C22H30N2O6. The first-order chi connectivity index (χ1) is 14.4. The Bertz CT molecular complexity index is 761. The molecule has 0 unspecified atom stereocenters. The number of carbonyl (C=O) groups is 2. The van der Waals surface area contributed by atoms with Gasteiger partial charge in [-0.2, -0.15) is 0 Å². The topological polar surface area (TPSA) is 128 Å². The number of allylic oxidation sites excluding steroid dienone is 2. The van der Waals surface area contributed by atoms with Crippen LogP contribution in [-0.4, -0.2) is 52.5 Å². The van der Waals surface area contributed by atoms with Gasteiger partial charge in [0.2, 0.25) is 5.91 Å². The number of carbonyl (C=O) groups excluding carboxylic acids is 1. The zero-order valence-electron chi connectivity index (χ0n) is 16.9. The van der Waals surface area contributed by atoms with E-state index in [1.807, 2.05) is 0 Å². The van der Waals surface area contributed by atoms with Crippen LogP contribution >= 0.6 is 0 Å². The van der Waals surface area contributed by atoms with Crippen LogP contribution in [0.2, 0.25) is 0 Å². The van der Waals surface area contributed by atoms with Crippen molar-refractivity contribution in [3.05, 3.63) is 30.4 Å². The first kappa shape index (κ1) is 22.1. The van der Waals surface area contributed by atoms with Crippen LogP contribution in [-0.2, 0) is 14.3 Å². The number of carboxylic acids is 1. The van der Waals surface area contributed by atoms with E-state index >= 15 is 0 Å². The highest BCUT2D eigenvalue weighted by Crippen LogP contribution is 2.44. The van der Waals surface area contributed by atoms with Gasteiger partial charge in [0.25, 0.3) is 0 Å². The maximum atomic E-state index is 12.1. The Morgan fingerprint density at radius 1 is 1.07 bits per heavy atom. The predicted octanol–water partition coefficient (Wildman–Crippen LogP) is 2.62. The first-order valence-electron chi connectivity index (χ1n) is 10.5. The Kier molecular flexibility index (Phi) is 7.70. The van der Waals surface area contributed by atoms with Gasteiger partial charge < -0.3 is 30.7 Å². The average molecular weight is 418 g/mol. The first-order valence-corrected chi connectivity index (χ1v) is 10.5. The van der Waals surface area contributed by atoms with E-state index in [0.29, 0.717) is 30.5 Å². The Hall–Kier alpha value is -2.58. The fourth-order valence-electron chi connectivity index (χ4n) is 4.45. The van der Waals surface area contributed by atoms with Crippen molar-refractivity contribution in [2.24, 2.45) is 11.8 Å². The van der Waals surface area contributed by atoms with Crippen LogP contribution in [0.25, 0.3) is 0 Å². The van der Waals surface area contributed by atoms with Crippen molar-refractivity contribution in [1.29, 1.82) is 0 Å². The highest BCUT2D eigenvalue weighted by molar-refractivity contribution is 5.92. The van der Waals surface area contributed by atoms with Crippen molar-refractivity contribution in [3.8, 4) is 11.5 Å². The van der Waals surface area contributed by atoms with Gasteiger partial charge in [0.1, 0.15) is 11.5 Å². The number of rotatable bonds is 11. The lowest BCUT2D eigenvalue weighted by Gasteiger charge is -2.27. The van der Waals surface area contributed by atoms with Gasteiger partial charge in [-0.25, -0.2) is 0 Å². The van der Waals surface area contributed by atoms with Crippen LogP contribution in [0, 0.1) is 11.8 Å². The second kappa shape index (κ2) is 10.4. The molecule has 2 saturated heterocycles. The van der Waals surface area contributed by atoms with Gasteiger partial charge in [-0.3, -0.25) is 9.59 Å². The Morgan fingerprint density at radius 2 is 1.77 bits per heavy atom. The summed E-state index contributed by atoms with van der Waals surface area (Å²) < 4.78 is 6.08. The molecule has 8 heteroatoms. The van der Waals surface area contributed by atoms with Crippen LogP contribution < -0.4 is 10.6 Å².